The minimum atomic E-state index is -3.45. The van der Waals surface area contributed by atoms with Gasteiger partial charge in [0.15, 0.2) is 0 Å². The fourth-order valence-corrected chi connectivity index (χ4v) is 4.11. The number of aryl methyl sites for hydroxylation is 1. The van der Waals surface area contributed by atoms with E-state index >= 15 is 0 Å². The molecule has 0 bridgehead atoms. The fraction of sp³-hybridized carbons (Fsp3) is 0.538. The molecule has 106 valence electrons. The predicted octanol–water partition coefficient (Wildman–Crippen LogP) is 1.12. The molecular weight excluding hydrogens is 264 g/mol. The highest BCUT2D eigenvalue weighted by atomic mass is 32.2. The van der Waals surface area contributed by atoms with Crippen molar-refractivity contribution in [3.05, 3.63) is 23.8 Å². The first-order valence-corrected chi connectivity index (χ1v) is 7.79. The van der Waals surface area contributed by atoms with Gasteiger partial charge in [-0.05, 0) is 43.5 Å². The van der Waals surface area contributed by atoms with Crippen LogP contribution in [0.4, 0.5) is 0 Å². The van der Waals surface area contributed by atoms with E-state index in [-0.39, 0.29) is 6.04 Å². The number of rotatable bonds is 3. The van der Waals surface area contributed by atoms with Crippen molar-refractivity contribution in [3.63, 3.8) is 0 Å². The molecule has 0 radical (unpaired) electrons. The highest BCUT2D eigenvalue weighted by molar-refractivity contribution is 7.89. The molecule has 1 fully saturated rings. The van der Waals surface area contributed by atoms with Gasteiger partial charge in [-0.25, -0.2) is 8.42 Å². The van der Waals surface area contributed by atoms with Crippen molar-refractivity contribution in [1.82, 2.24) is 4.31 Å². The second-order valence-electron chi connectivity index (χ2n) is 4.90. The molecular formula is C13H20N2O3S. The van der Waals surface area contributed by atoms with Gasteiger partial charge in [-0.3, -0.25) is 0 Å². The van der Waals surface area contributed by atoms with Crippen LogP contribution in [0.3, 0.4) is 0 Å². The minimum Gasteiger partial charge on any atom is -0.497 e. The first-order valence-electron chi connectivity index (χ1n) is 6.35. The third kappa shape index (κ3) is 2.91. The van der Waals surface area contributed by atoms with Gasteiger partial charge < -0.3 is 10.5 Å². The number of nitrogens with two attached hydrogens (primary N) is 1. The summed E-state index contributed by atoms with van der Waals surface area (Å²) in [5.74, 6) is 0.659. The van der Waals surface area contributed by atoms with E-state index in [1.54, 1.807) is 32.2 Å². The summed E-state index contributed by atoms with van der Waals surface area (Å²) < 4.78 is 31.7. The number of hydrogen-bond acceptors (Lipinski definition) is 4. The number of sulfonamides is 1. The summed E-state index contributed by atoms with van der Waals surface area (Å²) in [5.41, 5.74) is 6.55. The molecule has 1 atom stereocenters. The van der Waals surface area contributed by atoms with Gasteiger partial charge in [0.05, 0.1) is 12.0 Å². The second kappa shape index (κ2) is 5.48. The van der Waals surface area contributed by atoms with Crippen LogP contribution < -0.4 is 10.5 Å². The Bertz CT molecular complexity index is 557. The summed E-state index contributed by atoms with van der Waals surface area (Å²) in [6.45, 7) is 2.72. The van der Waals surface area contributed by atoms with Crippen LogP contribution >= 0.6 is 0 Å². The Morgan fingerprint density at radius 2 is 2.16 bits per heavy atom. The van der Waals surface area contributed by atoms with Crippen molar-refractivity contribution < 1.29 is 13.2 Å². The Morgan fingerprint density at radius 1 is 1.42 bits per heavy atom. The Morgan fingerprint density at radius 3 is 2.74 bits per heavy atom. The zero-order valence-electron chi connectivity index (χ0n) is 11.3. The first kappa shape index (κ1) is 14.3. The van der Waals surface area contributed by atoms with E-state index in [1.807, 2.05) is 0 Å². The Hall–Kier alpha value is -1.11. The number of hydrogen-bond donors (Lipinski definition) is 1. The van der Waals surface area contributed by atoms with Gasteiger partial charge in [0.2, 0.25) is 10.0 Å². The van der Waals surface area contributed by atoms with Crippen LogP contribution in [0.5, 0.6) is 5.75 Å². The Labute approximate surface area is 114 Å². The summed E-state index contributed by atoms with van der Waals surface area (Å²) in [5, 5.41) is 0. The van der Waals surface area contributed by atoms with Crippen LogP contribution in [0.15, 0.2) is 23.1 Å². The second-order valence-corrected chi connectivity index (χ2v) is 6.80. The van der Waals surface area contributed by atoms with E-state index in [0.29, 0.717) is 29.3 Å². The van der Waals surface area contributed by atoms with Crippen molar-refractivity contribution >= 4 is 10.0 Å². The van der Waals surface area contributed by atoms with Crippen LogP contribution in [-0.4, -0.2) is 39.0 Å². The number of methoxy groups -OCH3 is 1. The lowest BCUT2D eigenvalue weighted by Crippen LogP contribution is -2.45. The monoisotopic (exact) mass is 284 g/mol. The molecule has 1 aliphatic rings. The van der Waals surface area contributed by atoms with Gasteiger partial charge in [0.1, 0.15) is 5.75 Å². The molecule has 1 heterocycles. The maximum absolute atomic E-state index is 12.6. The molecule has 1 aromatic carbocycles. The molecule has 1 aliphatic heterocycles. The van der Waals surface area contributed by atoms with Gasteiger partial charge in [-0.2, -0.15) is 4.31 Å². The third-order valence-corrected chi connectivity index (χ3v) is 5.45. The Balaban J connectivity index is 2.33. The standard InChI is InChI=1S/C13H20N2O3S/c1-10-8-12(18-2)5-6-13(10)19(16,17)15-7-3-4-11(14)9-15/h5-6,8,11H,3-4,7,9,14H2,1-2H3/t11-/m1/s1. The molecule has 0 unspecified atom stereocenters. The molecule has 0 saturated carbocycles. The predicted molar refractivity (Wildman–Crippen MR) is 73.7 cm³/mol. The van der Waals surface area contributed by atoms with E-state index in [9.17, 15) is 8.42 Å². The molecule has 2 N–H and O–H groups in total. The van der Waals surface area contributed by atoms with Crippen molar-refractivity contribution in [2.45, 2.75) is 30.7 Å². The maximum atomic E-state index is 12.6. The van der Waals surface area contributed by atoms with Gasteiger partial charge in [0, 0.05) is 19.1 Å². The lowest BCUT2D eigenvalue weighted by molar-refractivity contribution is 0.316. The van der Waals surface area contributed by atoms with Gasteiger partial charge in [0.25, 0.3) is 0 Å². The summed E-state index contributed by atoms with van der Waals surface area (Å²) in [7, 11) is -1.89. The molecule has 1 saturated heterocycles. The molecule has 0 aromatic heterocycles. The maximum Gasteiger partial charge on any atom is 0.243 e. The fourth-order valence-electron chi connectivity index (χ4n) is 2.37. The lowest BCUT2D eigenvalue weighted by Gasteiger charge is -2.30. The molecule has 19 heavy (non-hydrogen) atoms. The van der Waals surface area contributed by atoms with Crippen LogP contribution in [0.1, 0.15) is 18.4 Å². The van der Waals surface area contributed by atoms with Crippen LogP contribution in [0.25, 0.3) is 0 Å². The van der Waals surface area contributed by atoms with Crippen LogP contribution in [-0.2, 0) is 10.0 Å². The van der Waals surface area contributed by atoms with Crippen molar-refractivity contribution in [2.75, 3.05) is 20.2 Å². The molecule has 0 amide bonds. The summed E-state index contributed by atoms with van der Waals surface area (Å²) >= 11 is 0. The third-order valence-electron chi connectivity index (χ3n) is 3.42. The molecule has 0 spiro atoms. The summed E-state index contributed by atoms with van der Waals surface area (Å²) in [6.07, 6.45) is 1.70. The number of piperidine rings is 1. The summed E-state index contributed by atoms with van der Waals surface area (Å²) in [6, 6.07) is 4.94. The lowest BCUT2D eigenvalue weighted by atomic mass is 10.1. The van der Waals surface area contributed by atoms with Crippen molar-refractivity contribution in [1.29, 1.82) is 0 Å². The SMILES string of the molecule is COc1ccc(S(=O)(=O)N2CCC[C@@H](N)C2)c(C)c1. The molecule has 5 nitrogen and oxygen atoms in total. The Kier molecular flexibility index (Phi) is 4.13. The number of benzene rings is 1. The number of ether oxygens (including phenoxy) is 1. The van der Waals surface area contributed by atoms with E-state index in [2.05, 4.69) is 0 Å². The quantitative estimate of drug-likeness (QED) is 0.902. The zero-order valence-corrected chi connectivity index (χ0v) is 12.1. The highest BCUT2D eigenvalue weighted by Crippen LogP contribution is 2.25. The van der Waals surface area contributed by atoms with Crippen molar-refractivity contribution in [2.24, 2.45) is 5.73 Å². The largest absolute Gasteiger partial charge is 0.497 e. The van der Waals surface area contributed by atoms with Gasteiger partial charge >= 0.3 is 0 Å². The van der Waals surface area contributed by atoms with Gasteiger partial charge in [-0.1, -0.05) is 0 Å². The summed E-state index contributed by atoms with van der Waals surface area (Å²) in [4.78, 5) is 0.336. The number of nitrogens with zero attached hydrogens (tertiary/aromatic N) is 1. The normalized spacial score (nSPS) is 21.3. The average molecular weight is 284 g/mol. The van der Waals surface area contributed by atoms with E-state index < -0.39 is 10.0 Å². The average Bonchev–Trinajstić information content (AvgIpc) is 2.38. The van der Waals surface area contributed by atoms with E-state index in [0.717, 1.165) is 12.8 Å². The first-order chi connectivity index (χ1) is 8.95. The molecule has 0 aliphatic carbocycles. The molecule has 2 rings (SSSR count). The van der Waals surface area contributed by atoms with Gasteiger partial charge in [-0.15, -0.1) is 0 Å². The highest BCUT2D eigenvalue weighted by Gasteiger charge is 2.29. The van der Waals surface area contributed by atoms with Crippen LogP contribution in [0.2, 0.25) is 0 Å². The van der Waals surface area contributed by atoms with E-state index in [4.69, 9.17) is 10.5 Å². The van der Waals surface area contributed by atoms with Crippen LogP contribution in [0, 0.1) is 6.92 Å². The topological polar surface area (TPSA) is 72.6 Å². The smallest absolute Gasteiger partial charge is 0.243 e. The minimum absolute atomic E-state index is 0.0675. The zero-order chi connectivity index (χ0) is 14.0. The molecule has 1 aromatic rings. The van der Waals surface area contributed by atoms with Crippen molar-refractivity contribution in [3.8, 4) is 5.75 Å². The van der Waals surface area contributed by atoms with E-state index in [1.165, 1.54) is 4.31 Å². The molecule has 6 heteroatoms.